The summed E-state index contributed by atoms with van der Waals surface area (Å²) in [6.07, 6.45) is 0.955. The number of rotatable bonds is 4. The summed E-state index contributed by atoms with van der Waals surface area (Å²) < 4.78 is 12.6. The predicted octanol–water partition coefficient (Wildman–Crippen LogP) is 3.00. The van der Waals surface area contributed by atoms with E-state index in [0.717, 1.165) is 19.5 Å². The minimum absolute atomic E-state index is 0.165. The molecule has 0 heterocycles. The van der Waals surface area contributed by atoms with Crippen LogP contribution in [-0.2, 0) is 6.42 Å². The summed E-state index contributed by atoms with van der Waals surface area (Å²) in [5.74, 6) is -0.165. The standard InChI is InChI=1S/C13H20FN/c1-13(2,3)10-15-9-8-11-4-6-12(14)7-5-11/h4-7,15H,8-10H2,1-3H3. The van der Waals surface area contributed by atoms with Gasteiger partial charge < -0.3 is 5.32 Å². The Balaban J connectivity index is 2.23. The quantitative estimate of drug-likeness (QED) is 0.752. The van der Waals surface area contributed by atoms with Gasteiger partial charge in [-0.3, -0.25) is 0 Å². The van der Waals surface area contributed by atoms with E-state index < -0.39 is 0 Å². The maximum atomic E-state index is 12.6. The van der Waals surface area contributed by atoms with Crippen LogP contribution in [-0.4, -0.2) is 13.1 Å². The molecule has 0 saturated heterocycles. The summed E-state index contributed by atoms with van der Waals surface area (Å²) in [6.45, 7) is 8.57. The zero-order chi connectivity index (χ0) is 11.3. The Morgan fingerprint density at radius 1 is 1.13 bits per heavy atom. The number of benzene rings is 1. The Kier molecular flexibility index (Phi) is 4.28. The van der Waals surface area contributed by atoms with Crippen molar-refractivity contribution < 1.29 is 4.39 Å². The molecule has 1 N–H and O–H groups in total. The number of halogens is 1. The lowest BCUT2D eigenvalue weighted by atomic mass is 9.97. The summed E-state index contributed by atoms with van der Waals surface area (Å²) in [7, 11) is 0. The van der Waals surface area contributed by atoms with Crippen LogP contribution in [0, 0.1) is 11.2 Å². The Labute approximate surface area is 91.7 Å². The summed E-state index contributed by atoms with van der Waals surface area (Å²) in [4.78, 5) is 0. The van der Waals surface area contributed by atoms with Gasteiger partial charge in [0.1, 0.15) is 5.82 Å². The first kappa shape index (κ1) is 12.2. The van der Waals surface area contributed by atoms with Gasteiger partial charge in [-0.2, -0.15) is 0 Å². The molecule has 1 aromatic carbocycles. The lowest BCUT2D eigenvalue weighted by molar-refractivity contribution is 0.381. The van der Waals surface area contributed by atoms with E-state index >= 15 is 0 Å². The molecule has 1 rings (SSSR count). The van der Waals surface area contributed by atoms with Crippen molar-refractivity contribution >= 4 is 0 Å². The van der Waals surface area contributed by atoms with Crippen LogP contribution < -0.4 is 5.32 Å². The molecule has 0 bridgehead atoms. The molecule has 15 heavy (non-hydrogen) atoms. The average molecular weight is 209 g/mol. The molecule has 0 aromatic heterocycles. The fourth-order valence-corrected chi connectivity index (χ4v) is 1.35. The van der Waals surface area contributed by atoms with Gasteiger partial charge in [0.15, 0.2) is 0 Å². The molecule has 0 aliphatic carbocycles. The van der Waals surface area contributed by atoms with E-state index in [4.69, 9.17) is 0 Å². The van der Waals surface area contributed by atoms with Crippen LogP contribution in [0.4, 0.5) is 4.39 Å². The van der Waals surface area contributed by atoms with Crippen LogP contribution in [0.2, 0.25) is 0 Å². The molecule has 84 valence electrons. The zero-order valence-corrected chi connectivity index (χ0v) is 9.81. The van der Waals surface area contributed by atoms with E-state index in [-0.39, 0.29) is 5.82 Å². The molecule has 0 atom stereocenters. The first-order valence-corrected chi connectivity index (χ1v) is 5.42. The highest BCUT2D eigenvalue weighted by Gasteiger charge is 2.08. The van der Waals surface area contributed by atoms with Crippen LogP contribution >= 0.6 is 0 Å². The Morgan fingerprint density at radius 3 is 2.27 bits per heavy atom. The topological polar surface area (TPSA) is 12.0 Å². The summed E-state index contributed by atoms with van der Waals surface area (Å²) in [5.41, 5.74) is 1.50. The van der Waals surface area contributed by atoms with Gasteiger partial charge in [0.2, 0.25) is 0 Å². The highest BCUT2D eigenvalue weighted by molar-refractivity contribution is 5.16. The van der Waals surface area contributed by atoms with Gasteiger partial charge in [-0.05, 0) is 36.1 Å². The molecule has 1 nitrogen and oxygen atoms in total. The van der Waals surface area contributed by atoms with Crippen LogP contribution in [0.25, 0.3) is 0 Å². The molecule has 0 spiro atoms. The second-order valence-electron chi connectivity index (χ2n) is 5.11. The third-order valence-corrected chi connectivity index (χ3v) is 2.16. The van der Waals surface area contributed by atoms with Gasteiger partial charge in [-0.25, -0.2) is 4.39 Å². The SMILES string of the molecule is CC(C)(C)CNCCc1ccc(F)cc1. The monoisotopic (exact) mass is 209 g/mol. The second-order valence-corrected chi connectivity index (χ2v) is 5.11. The van der Waals surface area contributed by atoms with Crippen LogP contribution in [0.3, 0.4) is 0 Å². The zero-order valence-electron chi connectivity index (χ0n) is 9.81. The van der Waals surface area contributed by atoms with E-state index in [0.29, 0.717) is 5.41 Å². The second kappa shape index (κ2) is 5.26. The van der Waals surface area contributed by atoms with Crippen molar-refractivity contribution in [3.8, 4) is 0 Å². The van der Waals surface area contributed by atoms with E-state index in [1.54, 1.807) is 0 Å². The largest absolute Gasteiger partial charge is 0.316 e. The van der Waals surface area contributed by atoms with Crippen molar-refractivity contribution in [2.45, 2.75) is 27.2 Å². The van der Waals surface area contributed by atoms with Gasteiger partial charge in [0.25, 0.3) is 0 Å². The molecule has 1 aromatic rings. The fourth-order valence-electron chi connectivity index (χ4n) is 1.35. The third-order valence-electron chi connectivity index (χ3n) is 2.16. The Hall–Kier alpha value is -0.890. The molecule has 2 heteroatoms. The van der Waals surface area contributed by atoms with Crippen molar-refractivity contribution in [3.05, 3.63) is 35.6 Å². The first-order chi connectivity index (χ1) is 6.97. The third kappa shape index (κ3) is 5.53. The summed E-state index contributed by atoms with van der Waals surface area (Å²) >= 11 is 0. The minimum atomic E-state index is -0.165. The highest BCUT2D eigenvalue weighted by Crippen LogP contribution is 2.10. The van der Waals surface area contributed by atoms with Gasteiger partial charge in [0.05, 0.1) is 0 Å². The van der Waals surface area contributed by atoms with E-state index in [9.17, 15) is 4.39 Å². The van der Waals surface area contributed by atoms with Crippen molar-refractivity contribution in [1.82, 2.24) is 5.32 Å². The van der Waals surface area contributed by atoms with E-state index in [1.807, 2.05) is 12.1 Å². The summed E-state index contributed by atoms with van der Waals surface area (Å²) in [6, 6.07) is 6.71. The lowest BCUT2D eigenvalue weighted by Gasteiger charge is -2.18. The number of nitrogens with one attached hydrogen (secondary N) is 1. The van der Waals surface area contributed by atoms with Crippen molar-refractivity contribution in [2.24, 2.45) is 5.41 Å². The van der Waals surface area contributed by atoms with Gasteiger partial charge in [-0.1, -0.05) is 32.9 Å². The lowest BCUT2D eigenvalue weighted by Crippen LogP contribution is -2.28. The van der Waals surface area contributed by atoms with E-state index in [1.165, 1.54) is 17.7 Å². The average Bonchev–Trinajstić information content (AvgIpc) is 2.14. The molecule has 0 fully saturated rings. The fraction of sp³-hybridized carbons (Fsp3) is 0.538. The smallest absolute Gasteiger partial charge is 0.123 e. The molecule has 0 saturated carbocycles. The minimum Gasteiger partial charge on any atom is -0.316 e. The van der Waals surface area contributed by atoms with E-state index in [2.05, 4.69) is 26.1 Å². The number of hydrogen-bond donors (Lipinski definition) is 1. The first-order valence-electron chi connectivity index (χ1n) is 5.42. The molecule has 0 aliphatic rings. The maximum Gasteiger partial charge on any atom is 0.123 e. The van der Waals surface area contributed by atoms with Crippen molar-refractivity contribution in [3.63, 3.8) is 0 Å². The Bertz CT molecular complexity index is 284. The summed E-state index contributed by atoms with van der Waals surface area (Å²) in [5, 5.41) is 3.39. The van der Waals surface area contributed by atoms with Gasteiger partial charge >= 0.3 is 0 Å². The molecular weight excluding hydrogens is 189 g/mol. The number of hydrogen-bond acceptors (Lipinski definition) is 1. The molecule has 0 aliphatic heterocycles. The molecule has 0 unspecified atom stereocenters. The maximum absolute atomic E-state index is 12.6. The van der Waals surface area contributed by atoms with Crippen LogP contribution in [0.1, 0.15) is 26.3 Å². The van der Waals surface area contributed by atoms with Crippen molar-refractivity contribution in [2.75, 3.05) is 13.1 Å². The highest BCUT2D eigenvalue weighted by atomic mass is 19.1. The van der Waals surface area contributed by atoms with Crippen LogP contribution in [0.15, 0.2) is 24.3 Å². The molecule has 0 amide bonds. The molecule has 0 radical (unpaired) electrons. The van der Waals surface area contributed by atoms with Gasteiger partial charge in [-0.15, -0.1) is 0 Å². The van der Waals surface area contributed by atoms with Crippen molar-refractivity contribution in [1.29, 1.82) is 0 Å². The molecular formula is C13H20FN. The normalized spacial score (nSPS) is 11.7. The van der Waals surface area contributed by atoms with Gasteiger partial charge in [0, 0.05) is 6.54 Å². The predicted molar refractivity (Wildman–Crippen MR) is 62.4 cm³/mol. The van der Waals surface area contributed by atoms with Crippen LogP contribution in [0.5, 0.6) is 0 Å². The Morgan fingerprint density at radius 2 is 1.73 bits per heavy atom.